The number of benzene rings is 1. The van der Waals surface area contributed by atoms with Gasteiger partial charge in [0.1, 0.15) is 0 Å². The average molecular weight is 258 g/mol. The zero-order valence-electron chi connectivity index (χ0n) is 11.9. The molecule has 1 atom stereocenters. The first-order valence-corrected chi connectivity index (χ1v) is 7.02. The molecule has 3 rings (SSSR count). The standard InChI is InChI=1S/C16H22N2O/c1-15(2,3)13(17)14(19)18-10-16(8-9-16)11-6-4-5-7-12(11)18/h4-7,13H,8-10,17H2,1-3H3/t13-/m1/s1. The lowest BCUT2D eigenvalue weighted by molar-refractivity contribution is -0.121. The van der Waals surface area contributed by atoms with E-state index >= 15 is 0 Å². The van der Waals surface area contributed by atoms with Crippen molar-refractivity contribution in [1.29, 1.82) is 0 Å². The van der Waals surface area contributed by atoms with Crippen LogP contribution in [-0.2, 0) is 10.2 Å². The fourth-order valence-corrected chi connectivity index (χ4v) is 2.94. The number of carbonyl (C=O) groups excluding carboxylic acids is 1. The molecule has 1 aromatic rings. The molecule has 2 aliphatic rings. The Labute approximate surface area is 114 Å². The van der Waals surface area contributed by atoms with Gasteiger partial charge in [0.2, 0.25) is 5.91 Å². The highest BCUT2D eigenvalue weighted by atomic mass is 16.2. The molecule has 1 fully saturated rings. The zero-order chi connectivity index (χ0) is 13.8. The second-order valence-electron chi connectivity index (χ2n) is 7.07. The van der Waals surface area contributed by atoms with Crippen LogP contribution in [0.3, 0.4) is 0 Å². The predicted octanol–water partition coefficient (Wildman–Crippen LogP) is 2.44. The highest BCUT2D eigenvalue weighted by molar-refractivity contribution is 6.00. The lowest BCUT2D eigenvalue weighted by Gasteiger charge is -2.30. The largest absolute Gasteiger partial charge is 0.319 e. The van der Waals surface area contributed by atoms with E-state index in [0.717, 1.165) is 12.2 Å². The van der Waals surface area contributed by atoms with Gasteiger partial charge >= 0.3 is 0 Å². The molecule has 1 heterocycles. The Morgan fingerprint density at radius 2 is 1.95 bits per heavy atom. The van der Waals surface area contributed by atoms with E-state index in [-0.39, 0.29) is 16.7 Å². The maximum Gasteiger partial charge on any atom is 0.244 e. The van der Waals surface area contributed by atoms with Crippen molar-refractivity contribution in [3.8, 4) is 0 Å². The Morgan fingerprint density at radius 3 is 2.53 bits per heavy atom. The van der Waals surface area contributed by atoms with Crippen LogP contribution in [0.5, 0.6) is 0 Å². The van der Waals surface area contributed by atoms with Crippen molar-refractivity contribution in [2.75, 3.05) is 11.4 Å². The van der Waals surface area contributed by atoms with Gasteiger partial charge in [-0.25, -0.2) is 0 Å². The van der Waals surface area contributed by atoms with Crippen LogP contribution < -0.4 is 10.6 Å². The number of hydrogen-bond donors (Lipinski definition) is 1. The summed E-state index contributed by atoms with van der Waals surface area (Å²) in [7, 11) is 0. The van der Waals surface area contributed by atoms with Gasteiger partial charge in [0.25, 0.3) is 0 Å². The molecule has 1 spiro atoms. The van der Waals surface area contributed by atoms with Gasteiger partial charge in [0, 0.05) is 17.6 Å². The molecule has 1 amide bonds. The first kappa shape index (κ1) is 12.7. The number of nitrogens with two attached hydrogens (primary N) is 1. The predicted molar refractivity (Wildman–Crippen MR) is 77.1 cm³/mol. The number of anilines is 1. The number of fused-ring (bicyclic) bond motifs is 2. The van der Waals surface area contributed by atoms with Gasteiger partial charge in [-0.2, -0.15) is 0 Å². The molecule has 1 aliphatic carbocycles. The number of nitrogens with zero attached hydrogens (tertiary/aromatic N) is 1. The fourth-order valence-electron chi connectivity index (χ4n) is 2.94. The second kappa shape index (κ2) is 3.83. The SMILES string of the molecule is CC(C)(C)[C@H](N)C(=O)N1CC2(CC2)c2ccccc21. The van der Waals surface area contributed by atoms with E-state index in [1.165, 1.54) is 18.4 Å². The third kappa shape index (κ3) is 1.88. The topological polar surface area (TPSA) is 46.3 Å². The van der Waals surface area contributed by atoms with E-state index in [1.54, 1.807) is 0 Å². The van der Waals surface area contributed by atoms with Crippen LogP contribution in [0.25, 0.3) is 0 Å². The van der Waals surface area contributed by atoms with Gasteiger partial charge in [-0.05, 0) is 29.9 Å². The first-order chi connectivity index (χ1) is 8.85. The molecule has 0 saturated heterocycles. The molecule has 1 saturated carbocycles. The molecule has 2 N–H and O–H groups in total. The van der Waals surface area contributed by atoms with Crippen LogP contribution in [-0.4, -0.2) is 18.5 Å². The Morgan fingerprint density at radius 1 is 1.32 bits per heavy atom. The maximum absolute atomic E-state index is 12.7. The highest BCUT2D eigenvalue weighted by Crippen LogP contribution is 2.56. The molecule has 0 radical (unpaired) electrons. The summed E-state index contributed by atoms with van der Waals surface area (Å²) in [5, 5.41) is 0. The normalized spacial score (nSPS) is 21.4. The van der Waals surface area contributed by atoms with Gasteiger partial charge in [-0.3, -0.25) is 4.79 Å². The molecule has 19 heavy (non-hydrogen) atoms. The summed E-state index contributed by atoms with van der Waals surface area (Å²) >= 11 is 0. The number of carbonyl (C=O) groups is 1. The minimum atomic E-state index is -0.450. The van der Waals surface area contributed by atoms with Gasteiger partial charge in [-0.1, -0.05) is 39.0 Å². The van der Waals surface area contributed by atoms with Crippen molar-refractivity contribution in [3.63, 3.8) is 0 Å². The van der Waals surface area contributed by atoms with E-state index in [0.29, 0.717) is 0 Å². The summed E-state index contributed by atoms with van der Waals surface area (Å²) in [6.07, 6.45) is 2.39. The molecule has 0 bridgehead atoms. The third-order valence-corrected chi connectivity index (χ3v) is 4.55. The zero-order valence-corrected chi connectivity index (χ0v) is 11.9. The van der Waals surface area contributed by atoms with Crippen molar-refractivity contribution >= 4 is 11.6 Å². The molecule has 3 nitrogen and oxygen atoms in total. The minimum absolute atomic E-state index is 0.0590. The van der Waals surface area contributed by atoms with Crippen molar-refractivity contribution < 1.29 is 4.79 Å². The third-order valence-electron chi connectivity index (χ3n) is 4.55. The van der Waals surface area contributed by atoms with E-state index < -0.39 is 6.04 Å². The van der Waals surface area contributed by atoms with E-state index in [1.807, 2.05) is 31.7 Å². The maximum atomic E-state index is 12.7. The number of rotatable bonds is 1. The Balaban J connectivity index is 1.94. The lowest BCUT2D eigenvalue weighted by Crippen LogP contribution is -2.50. The smallest absolute Gasteiger partial charge is 0.244 e. The average Bonchev–Trinajstić information content (AvgIpc) is 3.06. The summed E-state index contributed by atoms with van der Waals surface area (Å²) < 4.78 is 0. The fraction of sp³-hybridized carbons (Fsp3) is 0.562. The van der Waals surface area contributed by atoms with Crippen molar-refractivity contribution in [1.82, 2.24) is 0 Å². The Bertz CT molecular complexity index is 526. The van der Waals surface area contributed by atoms with Gasteiger partial charge < -0.3 is 10.6 Å². The molecule has 1 aliphatic heterocycles. The summed E-state index contributed by atoms with van der Waals surface area (Å²) in [4.78, 5) is 14.6. The molecular weight excluding hydrogens is 236 g/mol. The molecule has 1 aromatic carbocycles. The summed E-state index contributed by atoms with van der Waals surface area (Å²) in [5.74, 6) is 0.0590. The van der Waals surface area contributed by atoms with Crippen LogP contribution in [0.1, 0.15) is 39.2 Å². The van der Waals surface area contributed by atoms with Crippen molar-refractivity contribution in [3.05, 3.63) is 29.8 Å². The van der Waals surface area contributed by atoms with Crippen LogP contribution in [0.4, 0.5) is 5.69 Å². The quantitative estimate of drug-likeness (QED) is 0.841. The monoisotopic (exact) mass is 258 g/mol. The molecule has 0 aromatic heterocycles. The Kier molecular flexibility index (Phi) is 2.55. The molecule has 102 valence electrons. The summed E-state index contributed by atoms with van der Waals surface area (Å²) in [6.45, 7) is 6.87. The Hall–Kier alpha value is -1.35. The second-order valence-corrected chi connectivity index (χ2v) is 7.07. The number of amides is 1. The van der Waals surface area contributed by atoms with Gasteiger partial charge in [-0.15, -0.1) is 0 Å². The van der Waals surface area contributed by atoms with Gasteiger partial charge in [0.05, 0.1) is 6.04 Å². The van der Waals surface area contributed by atoms with Crippen molar-refractivity contribution in [2.24, 2.45) is 11.1 Å². The first-order valence-electron chi connectivity index (χ1n) is 7.02. The van der Waals surface area contributed by atoms with Crippen LogP contribution in [0.15, 0.2) is 24.3 Å². The number of hydrogen-bond acceptors (Lipinski definition) is 2. The van der Waals surface area contributed by atoms with Crippen molar-refractivity contribution in [2.45, 2.75) is 45.1 Å². The minimum Gasteiger partial charge on any atom is -0.319 e. The van der Waals surface area contributed by atoms with E-state index in [2.05, 4.69) is 18.2 Å². The van der Waals surface area contributed by atoms with Crippen LogP contribution >= 0.6 is 0 Å². The molecule has 0 unspecified atom stereocenters. The van der Waals surface area contributed by atoms with Crippen LogP contribution in [0.2, 0.25) is 0 Å². The summed E-state index contributed by atoms with van der Waals surface area (Å²) in [6, 6.07) is 7.84. The highest BCUT2D eigenvalue weighted by Gasteiger charge is 2.53. The van der Waals surface area contributed by atoms with E-state index in [9.17, 15) is 4.79 Å². The summed E-state index contributed by atoms with van der Waals surface area (Å²) in [5.41, 5.74) is 8.60. The lowest BCUT2D eigenvalue weighted by atomic mass is 9.86. The van der Waals surface area contributed by atoms with Gasteiger partial charge in [0.15, 0.2) is 0 Å². The van der Waals surface area contributed by atoms with E-state index in [4.69, 9.17) is 5.73 Å². The molecular formula is C16H22N2O. The number of para-hydroxylation sites is 1. The van der Waals surface area contributed by atoms with Crippen LogP contribution in [0, 0.1) is 5.41 Å². The molecule has 3 heteroatoms.